The van der Waals surface area contributed by atoms with E-state index in [0.29, 0.717) is 16.5 Å². The molecule has 0 saturated carbocycles. The molecule has 0 saturated heterocycles. The van der Waals surface area contributed by atoms with Crippen molar-refractivity contribution in [1.82, 2.24) is 0 Å². The summed E-state index contributed by atoms with van der Waals surface area (Å²) in [5.74, 6) is -0.0857. The Labute approximate surface area is 174 Å². The maximum Gasteiger partial charge on any atom is 0.262 e. The zero-order valence-corrected chi connectivity index (χ0v) is 17.3. The van der Waals surface area contributed by atoms with E-state index in [4.69, 9.17) is 16.3 Å². The van der Waals surface area contributed by atoms with Crippen LogP contribution in [0.5, 0.6) is 5.75 Å². The minimum Gasteiger partial charge on any atom is -0.495 e. The highest BCUT2D eigenvalue weighted by atomic mass is 35.5. The van der Waals surface area contributed by atoms with E-state index in [1.54, 1.807) is 30.3 Å². The van der Waals surface area contributed by atoms with E-state index in [0.717, 1.165) is 5.56 Å². The molecule has 0 aromatic heterocycles. The average molecular weight is 431 g/mol. The van der Waals surface area contributed by atoms with Crippen LogP contribution in [0.2, 0.25) is 5.02 Å². The van der Waals surface area contributed by atoms with Crippen molar-refractivity contribution in [2.45, 2.75) is 11.8 Å². The van der Waals surface area contributed by atoms with Crippen LogP contribution in [0.4, 0.5) is 11.4 Å². The molecule has 0 unspecified atom stereocenters. The van der Waals surface area contributed by atoms with Crippen LogP contribution in [-0.4, -0.2) is 21.4 Å². The molecule has 1 amide bonds. The standard InChI is InChI=1S/C21H19ClN2O4S/c1-14-6-9-17(10-7-14)23-21(25)15-4-3-5-18(12-15)29(26,27)24-19-13-16(22)8-11-20(19)28-2/h3-13,24H,1-2H3,(H,23,25). The van der Waals surface area contributed by atoms with Gasteiger partial charge in [0.15, 0.2) is 0 Å². The second kappa shape index (κ2) is 8.55. The maximum atomic E-state index is 12.8. The first-order chi connectivity index (χ1) is 13.8. The predicted molar refractivity (Wildman–Crippen MR) is 114 cm³/mol. The SMILES string of the molecule is COc1ccc(Cl)cc1NS(=O)(=O)c1cccc(C(=O)Nc2ccc(C)cc2)c1. The Bertz CT molecular complexity index is 1150. The van der Waals surface area contributed by atoms with Gasteiger partial charge < -0.3 is 10.1 Å². The molecule has 0 bridgehead atoms. The third-order valence-electron chi connectivity index (χ3n) is 4.12. The summed E-state index contributed by atoms with van der Waals surface area (Å²) in [5.41, 5.74) is 2.11. The normalized spacial score (nSPS) is 11.0. The quantitative estimate of drug-likeness (QED) is 0.593. The molecule has 29 heavy (non-hydrogen) atoms. The lowest BCUT2D eigenvalue weighted by Gasteiger charge is -2.13. The van der Waals surface area contributed by atoms with Crippen LogP contribution in [0.1, 0.15) is 15.9 Å². The molecule has 2 N–H and O–H groups in total. The number of nitrogens with one attached hydrogen (secondary N) is 2. The fourth-order valence-corrected chi connectivity index (χ4v) is 3.89. The van der Waals surface area contributed by atoms with Crippen LogP contribution in [0, 0.1) is 6.92 Å². The van der Waals surface area contributed by atoms with E-state index in [-0.39, 0.29) is 16.1 Å². The Hall–Kier alpha value is -3.03. The molecule has 3 aromatic carbocycles. The zero-order chi connectivity index (χ0) is 21.0. The van der Waals surface area contributed by atoms with Gasteiger partial charge in [-0.2, -0.15) is 0 Å². The van der Waals surface area contributed by atoms with E-state index >= 15 is 0 Å². The molecule has 3 rings (SSSR count). The van der Waals surface area contributed by atoms with Gasteiger partial charge in [0.05, 0.1) is 17.7 Å². The molecule has 0 aliphatic rings. The van der Waals surface area contributed by atoms with Gasteiger partial charge in [-0.3, -0.25) is 9.52 Å². The highest BCUT2D eigenvalue weighted by molar-refractivity contribution is 7.92. The third-order valence-corrected chi connectivity index (χ3v) is 5.72. The lowest BCUT2D eigenvalue weighted by molar-refractivity contribution is 0.102. The zero-order valence-electron chi connectivity index (χ0n) is 15.8. The highest BCUT2D eigenvalue weighted by Gasteiger charge is 2.19. The van der Waals surface area contributed by atoms with Crippen LogP contribution in [-0.2, 0) is 10.0 Å². The number of carbonyl (C=O) groups excluding carboxylic acids is 1. The van der Waals surface area contributed by atoms with Gasteiger partial charge in [-0.1, -0.05) is 35.4 Å². The van der Waals surface area contributed by atoms with E-state index in [9.17, 15) is 13.2 Å². The highest BCUT2D eigenvalue weighted by Crippen LogP contribution is 2.30. The number of aryl methyl sites for hydroxylation is 1. The summed E-state index contributed by atoms with van der Waals surface area (Å²) < 4.78 is 33.2. The van der Waals surface area contributed by atoms with Crippen molar-refractivity contribution < 1.29 is 17.9 Å². The molecule has 0 heterocycles. The van der Waals surface area contributed by atoms with Crippen LogP contribution < -0.4 is 14.8 Å². The smallest absolute Gasteiger partial charge is 0.262 e. The van der Waals surface area contributed by atoms with Gasteiger partial charge in [0.2, 0.25) is 0 Å². The fraction of sp³-hybridized carbons (Fsp3) is 0.0952. The number of ether oxygens (including phenoxy) is 1. The summed E-state index contributed by atoms with van der Waals surface area (Å²) in [5, 5.41) is 3.10. The number of benzene rings is 3. The Morgan fingerprint density at radius 3 is 2.41 bits per heavy atom. The largest absolute Gasteiger partial charge is 0.495 e. The molecular formula is C21H19ClN2O4S. The summed E-state index contributed by atoms with van der Waals surface area (Å²) in [6.07, 6.45) is 0. The van der Waals surface area contributed by atoms with Crippen molar-refractivity contribution >= 4 is 38.9 Å². The van der Waals surface area contributed by atoms with E-state index < -0.39 is 15.9 Å². The minimum absolute atomic E-state index is 0.0592. The minimum atomic E-state index is -3.97. The summed E-state index contributed by atoms with van der Waals surface area (Å²) in [6.45, 7) is 1.95. The van der Waals surface area contributed by atoms with Crippen LogP contribution in [0.15, 0.2) is 71.6 Å². The van der Waals surface area contributed by atoms with Gasteiger partial charge in [0.1, 0.15) is 5.75 Å². The average Bonchev–Trinajstić information content (AvgIpc) is 2.70. The molecular weight excluding hydrogens is 412 g/mol. The Balaban J connectivity index is 1.85. The molecule has 0 aliphatic carbocycles. The topological polar surface area (TPSA) is 84.5 Å². The first-order valence-corrected chi connectivity index (χ1v) is 10.5. The van der Waals surface area contributed by atoms with Gasteiger partial charge in [-0.05, 0) is 55.5 Å². The van der Waals surface area contributed by atoms with Crippen LogP contribution in [0.3, 0.4) is 0 Å². The van der Waals surface area contributed by atoms with Crippen molar-refractivity contribution in [3.63, 3.8) is 0 Å². The summed E-state index contributed by atoms with van der Waals surface area (Å²) in [4.78, 5) is 12.5. The van der Waals surface area contributed by atoms with Crippen molar-refractivity contribution in [2.24, 2.45) is 0 Å². The Kier molecular flexibility index (Phi) is 6.10. The number of halogens is 1. The maximum absolute atomic E-state index is 12.8. The molecule has 0 atom stereocenters. The number of methoxy groups -OCH3 is 1. The Morgan fingerprint density at radius 2 is 1.72 bits per heavy atom. The second-order valence-corrected chi connectivity index (χ2v) is 8.42. The summed E-state index contributed by atoms with van der Waals surface area (Å²) >= 11 is 5.96. The predicted octanol–water partition coefficient (Wildman–Crippen LogP) is 4.71. The second-order valence-electron chi connectivity index (χ2n) is 6.30. The number of amides is 1. The number of anilines is 2. The van der Waals surface area contributed by atoms with Gasteiger partial charge in [0.25, 0.3) is 15.9 Å². The van der Waals surface area contributed by atoms with Crippen molar-refractivity contribution in [1.29, 1.82) is 0 Å². The molecule has 0 aliphatic heterocycles. The molecule has 0 spiro atoms. The van der Waals surface area contributed by atoms with E-state index in [1.165, 1.54) is 31.4 Å². The van der Waals surface area contributed by atoms with Gasteiger partial charge in [0, 0.05) is 16.3 Å². The fourth-order valence-electron chi connectivity index (χ4n) is 2.61. The number of hydrogen-bond acceptors (Lipinski definition) is 4. The van der Waals surface area contributed by atoms with Crippen LogP contribution >= 0.6 is 11.6 Å². The van der Waals surface area contributed by atoms with Gasteiger partial charge >= 0.3 is 0 Å². The molecule has 8 heteroatoms. The monoisotopic (exact) mass is 430 g/mol. The molecule has 3 aromatic rings. The summed E-state index contributed by atoms with van der Waals surface area (Å²) in [7, 11) is -2.54. The lowest BCUT2D eigenvalue weighted by Crippen LogP contribution is -2.16. The number of carbonyl (C=O) groups is 1. The molecule has 0 radical (unpaired) electrons. The molecule has 0 fully saturated rings. The van der Waals surface area contributed by atoms with E-state index in [1.807, 2.05) is 19.1 Å². The first kappa shape index (κ1) is 20.7. The summed E-state index contributed by atoms with van der Waals surface area (Å²) in [6, 6.07) is 17.7. The Morgan fingerprint density at radius 1 is 1.00 bits per heavy atom. The van der Waals surface area contributed by atoms with E-state index in [2.05, 4.69) is 10.0 Å². The van der Waals surface area contributed by atoms with Gasteiger partial charge in [-0.25, -0.2) is 8.42 Å². The van der Waals surface area contributed by atoms with Crippen LogP contribution in [0.25, 0.3) is 0 Å². The van der Waals surface area contributed by atoms with Gasteiger partial charge in [-0.15, -0.1) is 0 Å². The van der Waals surface area contributed by atoms with Crippen molar-refractivity contribution in [3.05, 3.63) is 82.9 Å². The number of sulfonamides is 1. The molecule has 6 nitrogen and oxygen atoms in total. The number of hydrogen-bond donors (Lipinski definition) is 2. The number of rotatable bonds is 6. The van der Waals surface area contributed by atoms with Crippen molar-refractivity contribution in [3.8, 4) is 5.75 Å². The lowest BCUT2D eigenvalue weighted by atomic mass is 10.2. The van der Waals surface area contributed by atoms with Crippen molar-refractivity contribution in [2.75, 3.05) is 17.1 Å². The third kappa shape index (κ3) is 5.07. The molecule has 150 valence electrons. The first-order valence-electron chi connectivity index (χ1n) is 8.63.